The number of amides is 1. The Hall–Kier alpha value is -1.48. The van der Waals surface area contributed by atoms with E-state index in [9.17, 15) is 13.2 Å². The first-order chi connectivity index (χ1) is 13.6. The predicted octanol–water partition coefficient (Wildman–Crippen LogP) is 1.41. The molecule has 29 heavy (non-hydrogen) atoms. The number of fused-ring (bicyclic) bond motifs is 1. The normalized spacial score (nSPS) is 24.5. The summed E-state index contributed by atoms with van der Waals surface area (Å²) in [5, 5.41) is 3.44. The lowest BCUT2D eigenvalue weighted by Gasteiger charge is -2.39. The van der Waals surface area contributed by atoms with Crippen molar-refractivity contribution in [2.24, 2.45) is 0 Å². The van der Waals surface area contributed by atoms with Gasteiger partial charge in [-0.15, -0.1) is 0 Å². The smallest absolute Gasteiger partial charge is 0.241 e. The molecule has 1 fully saturated rings. The number of nitrogens with zero attached hydrogens (tertiary/aromatic N) is 2. The largest absolute Gasteiger partial charge is 0.383 e. The highest BCUT2D eigenvalue weighted by atomic mass is 32.2. The predicted molar refractivity (Wildman–Crippen MR) is 114 cm³/mol. The van der Waals surface area contributed by atoms with Crippen molar-refractivity contribution in [2.75, 3.05) is 50.5 Å². The Morgan fingerprint density at radius 1 is 1.34 bits per heavy atom. The quantitative estimate of drug-likeness (QED) is 0.745. The average molecular weight is 424 g/mol. The molecule has 1 saturated heterocycles. The van der Waals surface area contributed by atoms with Gasteiger partial charge in [0.25, 0.3) is 0 Å². The summed E-state index contributed by atoms with van der Waals surface area (Å²) in [6, 6.07) is 5.65. The van der Waals surface area contributed by atoms with Gasteiger partial charge in [-0.2, -0.15) is 0 Å². The van der Waals surface area contributed by atoms with E-state index in [1.165, 1.54) is 0 Å². The van der Waals surface area contributed by atoms with Gasteiger partial charge in [0.1, 0.15) is 0 Å². The molecule has 7 nitrogen and oxygen atoms in total. The summed E-state index contributed by atoms with van der Waals surface area (Å²) in [6.07, 6.45) is 0. The number of piperazine rings is 1. The molecule has 0 saturated carbocycles. The van der Waals surface area contributed by atoms with Crippen molar-refractivity contribution in [1.82, 2.24) is 10.2 Å². The Labute approximate surface area is 174 Å². The van der Waals surface area contributed by atoms with Crippen LogP contribution < -0.4 is 10.2 Å². The molecule has 0 bridgehead atoms. The van der Waals surface area contributed by atoms with Crippen molar-refractivity contribution in [2.45, 2.75) is 50.1 Å². The molecule has 0 spiro atoms. The number of anilines is 1. The molecular formula is C21H33N3O4S. The molecule has 0 aromatic heterocycles. The monoisotopic (exact) mass is 423 g/mol. The van der Waals surface area contributed by atoms with Gasteiger partial charge in [-0.05, 0) is 24.6 Å². The van der Waals surface area contributed by atoms with Gasteiger partial charge in [0.2, 0.25) is 5.91 Å². The molecule has 1 aromatic carbocycles. The Morgan fingerprint density at radius 2 is 2.07 bits per heavy atom. The van der Waals surface area contributed by atoms with Crippen LogP contribution in [0.5, 0.6) is 0 Å². The van der Waals surface area contributed by atoms with Crippen LogP contribution in [0.3, 0.4) is 0 Å². The first kappa shape index (κ1) is 22.2. The number of nitrogens with one attached hydrogen (secondary N) is 1. The molecule has 0 unspecified atom stereocenters. The summed E-state index contributed by atoms with van der Waals surface area (Å²) in [5.41, 5.74) is 1.52. The minimum absolute atomic E-state index is 0.00178. The van der Waals surface area contributed by atoms with Crippen LogP contribution in [0.15, 0.2) is 23.1 Å². The van der Waals surface area contributed by atoms with Gasteiger partial charge in [0, 0.05) is 49.9 Å². The third kappa shape index (κ3) is 4.50. The second-order valence-electron chi connectivity index (χ2n) is 8.79. The van der Waals surface area contributed by atoms with Gasteiger partial charge in [-0.1, -0.05) is 26.8 Å². The first-order valence-electron chi connectivity index (χ1n) is 10.2. The number of rotatable bonds is 6. The topological polar surface area (TPSA) is 79.0 Å². The van der Waals surface area contributed by atoms with E-state index in [1.54, 1.807) is 31.1 Å². The molecular weight excluding hydrogens is 390 g/mol. The van der Waals surface area contributed by atoms with Gasteiger partial charge < -0.3 is 15.0 Å². The van der Waals surface area contributed by atoms with Crippen molar-refractivity contribution >= 4 is 21.4 Å². The number of methoxy groups -OCH3 is 1. The van der Waals surface area contributed by atoms with E-state index in [0.717, 1.165) is 24.3 Å². The van der Waals surface area contributed by atoms with Gasteiger partial charge in [-0.25, -0.2) is 8.42 Å². The van der Waals surface area contributed by atoms with Crippen LogP contribution >= 0.6 is 0 Å². The average Bonchev–Trinajstić information content (AvgIpc) is 2.95. The standard InChI is InChI=1S/C21H33N3O4S/c1-6-29(26,27)17-7-8-18-19(9-17)24(14-21(18,3)4)20(25)12-23-11-15(2)22-10-16(23)13-28-5/h7-9,15-16,22H,6,10-14H2,1-5H3/t15-,16-/m1/s1. The molecule has 162 valence electrons. The fourth-order valence-corrected chi connectivity index (χ4v) is 5.20. The zero-order chi connectivity index (χ0) is 21.4. The summed E-state index contributed by atoms with van der Waals surface area (Å²) >= 11 is 0. The summed E-state index contributed by atoms with van der Waals surface area (Å²) in [4.78, 5) is 17.5. The fraction of sp³-hybridized carbons (Fsp3) is 0.667. The Kier molecular flexibility index (Phi) is 6.38. The third-order valence-electron chi connectivity index (χ3n) is 6.01. The van der Waals surface area contributed by atoms with E-state index in [-0.39, 0.29) is 28.0 Å². The molecule has 2 aliphatic rings. The van der Waals surface area contributed by atoms with Crippen LogP contribution in [0.1, 0.15) is 33.3 Å². The van der Waals surface area contributed by atoms with Crippen LogP contribution in [-0.2, 0) is 24.8 Å². The maximum absolute atomic E-state index is 13.3. The Balaban J connectivity index is 1.88. The minimum Gasteiger partial charge on any atom is -0.383 e. The molecule has 1 aromatic rings. The highest BCUT2D eigenvalue weighted by molar-refractivity contribution is 7.91. The number of carbonyl (C=O) groups is 1. The second-order valence-corrected chi connectivity index (χ2v) is 11.1. The van der Waals surface area contributed by atoms with Crippen LogP contribution in [0.2, 0.25) is 0 Å². The molecule has 3 rings (SSSR count). The molecule has 2 atom stereocenters. The number of benzene rings is 1. The van der Waals surface area contributed by atoms with Crippen LogP contribution in [0, 0.1) is 0 Å². The lowest BCUT2D eigenvalue weighted by Crippen LogP contribution is -2.59. The number of sulfone groups is 1. The zero-order valence-corrected chi connectivity index (χ0v) is 18.9. The molecule has 2 heterocycles. The molecule has 1 amide bonds. The van der Waals surface area contributed by atoms with Crippen molar-refractivity contribution in [3.63, 3.8) is 0 Å². The van der Waals surface area contributed by atoms with E-state index >= 15 is 0 Å². The van der Waals surface area contributed by atoms with Gasteiger partial charge in [-0.3, -0.25) is 9.69 Å². The molecule has 0 aliphatic carbocycles. The minimum atomic E-state index is -3.33. The number of hydrogen-bond donors (Lipinski definition) is 1. The lowest BCUT2D eigenvalue weighted by atomic mass is 9.87. The maximum atomic E-state index is 13.3. The van der Waals surface area contributed by atoms with Crippen molar-refractivity contribution in [1.29, 1.82) is 0 Å². The third-order valence-corrected chi connectivity index (χ3v) is 7.74. The number of hydrogen-bond acceptors (Lipinski definition) is 6. The Morgan fingerprint density at radius 3 is 2.72 bits per heavy atom. The SMILES string of the molecule is CCS(=O)(=O)c1ccc2c(c1)N(C(=O)CN1C[C@@H](C)NC[C@@H]1COC)CC2(C)C. The summed E-state index contributed by atoms with van der Waals surface area (Å²) in [6.45, 7) is 10.9. The summed E-state index contributed by atoms with van der Waals surface area (Å²) in [5.74, 6) is 0.0404. The van der Waals surface area contributed by atoms with E-state index in [4.69, 9.17) is 4.74 Å². The van der Waals surface area contributed by atoms with Crippen molar-refractivity contribution < 1.29 is 17.9 Å². The molecule has 0 radical (unpaired) electrons. The van der Waals surface area contributed by atoms with Gasteiger partial charge >= 0.3 is 0 Å². The van der Waals surface area contributed by atoms with E-state index in [1.807, 2.05) is 6.07 Å². The van der Waals surface area contributed by atoms with Gasteiger partial charge in [0.05, 0.1) is 23.8 Å². The Bertz CT molecular complexity index is 869. The highest BCUT2D eigenvalue weighted by Crippen LogP contribution is 2.41. The zero-order valence-electron chi connectivity index (χ0n) is 18.1. The molecule has 8 heteroatoms. The summed E-state index contributed by atoms with van der Waals surface area (Å²) in [7, 11) is -1.66. The lowest BCUT2D eigenvalue weighted by molar-refractivity contribution is -0.121. The van der Waals surface area contributed by atoms with E-state index in [0.29, 0.717) is 25.7 Å². The number of ether oxygens (including phenoxy) is 1. The van der Waals surface area contributed by atoms with Crippen LogP contribution in [0.25, 0.3) is 0 Å². The number of carbonyl (C=O) groups excluding carboxylic acids is 1. The van der Waals surface area contributed by atoms with E-state index < -0.39 is 9.84 Å². The van der Waals surface area contributed by atoms with Crippen LogP contribution in [-0.4, -0.2) is 77.0 Å². The van der Waals surface area contributed by atoms with Crippen LogP contribution in [0.4, 0.5) is 5.69 Å². The molecule has 1 N–H and O–H groups in total. The molecule has 2 aliphatic heterocycles. The maximum Gasteiger partial charge on any atom is 0.241 e. The van der Waals surface area contributed by atoms with E-state index in [2.05, 4.69) is 31.0 Å². The van der Waals surface area contributed by atoms with Crippen molar-refractivity contribution in [3.05, 3.63) is 23.8 Å². The van der Waals surface area contributed by atoms with Crippen molar-refractivity contribution in [3.8, 4) is 0 Å². The van der Waals surface area contributed by atoms with Gasteiger partial charge in [0.15, 0.2) is 9.84 Å². The fourth-order valence-electron chi connectivity index (χ4n) is 4.30. The summed E-state index contributed by atoms with van der Waals surface area (Å²) < 4.78 is 30.1. The highest BCUT2D eigenvalue weighted by Gasteiger charge is 2.39. The second kappa shape index (κ2) is 8.34. The first-order valence-corrected chi connectivity index (χ1v) is 11.9.